The molecule has 0 unspecified atom stereocenters. The van der Waals surface area contributed by atoms with Gasteiger partial charge in [-0.2, -0.15) is 0 Å². The lowest BCUT2D eigenvalue weighted by Crippen LogP contribution is -2.54. The van der Waals surface area contributed by atoms with Crippen molar-refractivity contribution in [2.45, 2.75) is 132 Å². The zero-order valence-corrected chi connectivity index (χ0v) is 23.0. The van der Waals surface area contributed by atoms with Crippen molar-refractivity contribution in [1.29, 1.82) is 0 Å². The van der Waals surface area contributed by atoms with Crippen molar-refractivity contribution >= 4 is 5.97 Å². The molecule has 4 fully saturated rings. The fourth-order valence-corrected chi connectivity index (χ4v) is 10.2. The van der Waals surface area contributed by atoms with Crippen molar-refractivity contribution in [3.8, 4) is 0 Å². The third-order valence-corrected chi connectivity index (χ3v) is 12.2. The summed E-state index contributed by atoms with van der Waals surface area (Å²) >= 11 is 0. The molecule has 4 aliphatic rings. The minimum absolute atomic E-state index is 0.0875. The van der Waals surface area contributed by atoms with Crippen molar-refractivity contribution in [2.75, 3.05) is 0 Å². The molecule has 0 spiro atoms. The fraction of sp³-hybridized carbons (Fsp3) is 0.968. The number of rotatable bonds is 7. The predicted octanol–water partition coefficient (Wildman–Crippen LogP) is 8.68. The van der Waals surface area contributed by atoms with E-state index < -0.39 is 0 Å². The van der Waals surface area contributed by atoms with Crippen molar-refractivity contribution in [3.05, 3.63) is 0 Å². The van der Waals surface area contributed by atoms with E-state index in [4.69, 9.17) is 4.74 Å². The second-order valence-electron chi connectivity index (χ2n) is 13.9. The number of carbonyl (C=O) groups is 1. The average Bonchev–Trinajstić information content (AvgIpc) is 3.11. The highest BCUT2D eigenvalue weighted by molar-refractivity contribution is 5.66. The van der Waals surface area contributed by atoms with Gasteiger partial charge in [-0.25, -0.2) is 0 Å². The van der Waals surface area contributed by atoms with Crippen molar-refractivity contribution in [1.82, 2.24) is 0 Å². The number of hydrogen-bond acceptors (Lipinski definition) is 2. The largest absolute Gasteiger partial charge is 0.463 e. The number of hydrogen-bond donors (Lipinski definition) is 0. The van der Waals surface area contributed by atoms with Crippen LogP contribution in [0.1, 0.15) is 126 Å². The van der Waals surface area contributed by atoms with E-state index in [1.807, 2.05) is 0 Å². The van der Waals surface area contributed by atoms with E-state index in [1.54, 1.807) is 6.92 Å². The van der Waals surface area contributed by atoms with Gasteiger partial charge in [0.05, 0.1) is 0 Å². The van der Waals surface area contributed by atoms with E-state index in [0.29, 0.717) is 10.8 Å². The quantitative estimate of drug-likeness (QED) is 0.357. The number of esters is 1. The van der Waals surface area contributed by atoms with E-state index in [1.165, 1.54) is 64.2 Å². The summed E-state index contributed by atoms with van der Waals surface area (Å²) in [7, 11) is 0. The molecule has 0 aromatic carbocycles. The number of carbonyl (C=O) groups excluding carboxylic acids is 1. The highest BCUT2D eigenvalue weighted by atomic mass is 16.5. The fourth-order valence-electron chi connectivity index (χ4n) is 10.2. The van der Waals surface area contributed by atoms with Crippen LogP contribution in [0.4, 0.5) is 0 Å². The molecule has 0 heterocycles. The molecule has 0 saturated heterocycles. The maximum absolute atomic E-state index is 11.5. The molecule has 4 saturated carbocycles. The second-order valence-corrected chi connectivity index (χ2v) is 13.9. The second kappa shape index (κ2) is 9.85. The Morgan fingerprint density at radius 2 is 1.61 bits per heavy atom. The maximum atomic E-state index is 11.5. The molecule has 10 atom stereocenters. The first kappa shape index (κ1) is 25.6. The van der Waals surface area contributed by atoms with Gasteiger partial charge in [0.15, 0.2) is 0 Å². The molecular formula is C31H54O2. The molecule has 0 bridgehead atoms. The molecule has 0 aromatic heterocycles. The van der Waals surface area contributed by atoms with Crippen LogP contribution in [-0.2, 0) is 9.53 Å². The van der Waals surface area contributed by atoms with Crippen LogP contribution in [-0.4, -0.2) is 12.1 Å². The Morgan fingerprint density at radius 3 is 2.27 bits per heavy atom. The molecule has 4 aliphatic carbocycles. The van der Waals surface area contributed by atoms with Crippen molar-refractivity contribution in [3.63, 3.8) is 0 Å². The monoisotopic (exact) mass is 458 g/mol. The number of fused-ring (bicyclic) bond motifs is 5. The zero-order chi connectivity index (χ0) is 24.0. The summed E-state index contributed by atoms with van der Waals surface area (Å²) in [4.78, 5) is 11.5. The normalized spacial score (nSPS) is 44.5. The lowest BCUT2D eigenvalue weighted by atomic mass is 9.44. The smallest absolute Gasteiger partial charge is 0.302 e. The summed E-state index contributed by atoms with van der Waals surface area (Å²) < 4.78 is 5.67. The van der Waals surface area contributed by atoms with Crippen LogP contribution in [0, 0.1) is 58.2 Å². The standard InChI is InChI=1S/C31H54O2/c1-8-23(20(2)3)10-9-21(4)27-13-14-28-26-12-11-24-19-25(33-22(5)32)15-17-30(24,6)29(26)16-18-31(27,28)7/h20-21,23-29H,8-19H2,1-7H3/t21-,23-,24+,25-,26+,27+,28-,29+,30+,31+/m1/s1. The average molecular weight is 459 g/mol. The van der Waals surface area contributed by atoms with Crippen LogP contribution < -0.4 is 0 Å². The molecule has 2 nitrogen and oxygen atoms in total. The van der Waals surface area contributed by atoms with E-state index in [-0.39, 0.29) is 12.1 Å². The van der Waals surface area contributed by atoms with Gasteiger partial charge >= 0.3 is 5.97 Å². The summed E-state index contributed by atoms with van der Waals surface area (Å²) in [6, 6.07) is 0. The molecular weight excluding hydrogens is 404 g/mol. The highest BCUT2D eigenvalue weighted by Gasteiger charge is 2.60. The molecule has 4 rings (SSSR count). The molecule has 0 aromatic rings. The van der Waals surface area contributed by atoms with Crippen LogP contribution in [0.5, 0.6) is 0 Å². The first-order chi connectivity index (χ1) is 15.6. The third kappa shape index (κ3) is 4.67. The highest BCUT2D eigenvalue weighted by Crippen LogP contribution is 2.68. The van der Waals surface area contributed by atoms with Crippen LogP contribution in [0.25, 0.3) is 0 Å². The summed E-state index contributed by atoms with van der Waals surface area (Å²) in [5, 5.41) is 0. The molecule has 190 valence electrons. The van der Waals surface area contributed by atoms with Gasteiger partial charge in [-0.1, -0.05) is 54.4 Å². The zero-order valence-electron chi connectivity index (χ0n) is 23.0. The molecule has 33 heavy (non-hydrogen) atoms. The Morgan fingerprint density at radius 1 is 0.909 bits per heavy atom. The van der Waals surface area contributed by atoms with E-state index in [2.05, 4.69) is 41.5 Å². The predicted molar refractivity (Wildman–Crippen MR) is 138 cm³/mol. The topological polar surface area (TPSA) is 26.3 Å². The van der Waals surface area contributed by atoms with Gasteiger partial charge < -0.3 is 4.74 Å². The van der Waals surface area contributed by atoms with Crippen molar-refractivity contribution < 1.29 is 9.53 Å². The molecule has 2 heteroatoms. The molecule has 0 aliphatic heterocycles. The van der Waals surface area contributed by atoms with Gasteiger partial charge in [-0.15, -0.1) is 0 Å². The third-order valence-electron chi connectivity index (χ3n) is 12.2. The van der Waals surface area contributed by atoms with Crippen LogP contribution in [0.2, 0.25) is 0 Å². The van der Waals surface area contributed by atoms with Gasteiger partial charge in [-0.05, 0) is 122 Å². The molecule has 0 N–H and O–H groups in total. The Labute approximate surface area is 205 Å². The van der Waals surface area contributed by atoms with E-state index in [0.717, 1.165) is 60.2 Å². The minimum Gasteiger partial charge on any atom is -0.463 e. The maximum Gasteiger partial charge on any atom is 0.302 e. The Hall–Kier alpha value is -0.530. The van der Waals surface area contributed by atoms with Gasteiger partial charge in [0.2, 0.25) is 0 Å². The summed E-state index contributed by atoms with van der Waals surface area (Å²) in [6.45, 7) is 16.8. The first-order valence-corrected chi connectivity index (χ1v) is 14.8. The number of ether oxygens (including phenoxy) is 1. The SMILES string of the molecule is CC[C@H](CC[C@@H](C)[C@@H]1CC[C@@H]2[C@@H]3CC[C@H]4C[C@H](OC(C)=O)CC[C@]4(C)[C@H]3CC[C@]21C)C(C)C. The van der Waals surface area contributed by atoms with Crippen molar-refractivity contribution in [2.24, 2.45) is 58.2 Å². The summed E-state index contributed by atoms with van der Waals surface area (Å²) in [6.07, 6.45) is 16.6. The lowest BCUT2D eigenvalue weighted by molar-refractivity contribution is -0.160. The first-order valence-electron chi connectivity index (χ1n) is 14.8. The van der Waals surface area contributed by atoms with Crippen LogP contribution in [0.3, 0.4) is 0 Å². The van der Waals surface area contributed by atoms with Crippen LogP contribution in [0.15, 0.2) is 0 Å². The summed E-state index contributed by atoms with van der Waals surface area (Å²) in [5.41, 5.74) is 1.06. The molecule has 0 radical (unpaired) electrons. The Kier molecular flexibility index (Phi) is 7.63. The van der Waals surface area contributed by atoms with Gasteiger partial charge in [0.1, 0.15) is 6.10 Å². The van der Waals surface area contributed by atoms with Gasteiger partial charge in [0, 0.05) is 6.92 Å². The minimum atomic E-state index is -0.0875. The lowest BCUT2D eigenvalue weighted by Gasteiger charge is -2.61. The summed E-state index contributed by atoms with van der Waals surface area (Å²) in [5.74, 6) is 7.06. The van der Waals surface area contributed by atoms with Gasteiger partial charge in [-0.3, -0.25) is 4.79 Å². The Balaban J connectivity index is 1.42. The Bertz CT molecular complexity index is 684. The van der Waals surface area contributed by atoms with Gasteiger partial charge in [0.25, 0.3) is 0 Å². The van der Waals surface area contributed by atoms with Crippen LogP contribution >= 0.6 is 0 Å². The van der Waals surface area contributed by atoms with E-state index >= 15 is 0 Å². The molecule has 0 amide bonds. The van der Waals surface area contributed by atoms with E-state index in [9.17, 15) is 4.79 Å².